The standard InChI is InChI=1S/C19H16N6O/c1-13(26)23-16-3-2-4-17(9-16)25-19-10-18(21-12-22-19)24-15-7-5-14(11-20)6-8-15/h2-10,12H,1H3,(H,23,26)(H2,21,22,24,25). The Morgan fingerprint density at radius 2 is 1.58 bits per heavy atom. The van der Waals surface area contributed by atoms with Crippen molar-refractivity contribution < 1.29 is 4.79 Å². The third kappa shape index (κ3) is 4.55. The Bertz CT molecular complexity index is 962. The lowest BCUT2D eigenvalue weighted by Gasteiger charge is -2.10. The fourth-order valence-corrected chi connectivity index (χ4v) is 2.30. The van der Waals surface area contributed by atoms with Crippen LogP contribution in [0.5, 0.6) is 0 Å². The molecule has 0 aliphatic heterocycles. The maximum atomic E-state index is 11.2. The van der Waals surface area contributed by atoms with Crippen LogP contribution < -0.4 is 16.0 Å². The first-order valence-corrected chi connectivity index (χ1v) is 7.86. The number of nitrogens with zero attached hydrogens (tertiary/aromatic N) is 3. The number of hydrogen-bond donors (Lipinski definition) is 3. The molecule has 1 heterocycles. The van der Waals surface area contributed by atoms with Crippen LogP contribution in [0.3, 0.4) is 0 Å². The highest BCUT2D eigenvalue weighted by molar-refractivity contribution is 5.89. The lowest BCUT2D eigenvalue weighted by atomic mass is 10.2. The van der Waals surface area contributed by atoms with E-state index in [-0.39, 0.29) is 5.91 Å². The molecule has 3 N–H and O–H groups in total. The summed E-state index contributed by atoms with van der Waals surface area (Å²) in [5.74, 6) is 1.10. The lowest BCUT2D eigenvalue weighted by molar-refractivity contribution is -0.114. The molecule has 1 aromatic heterocycles. The first-order valence-electron chi connectivity index (χ1n) is 7.86. The highest BCUT2D eigenvalue weighted by atomic mass is 16.1. The summed E-state index contributed by atoms with van der Waals surface area (Å²) >= 11 is 0. The maximum Gasteiger partial charge on any atom is 0.221 e. The Morgan fingerprint density at radius 3 is 2.23 bits per heavy atom. The van der Waals surface area contributed by atoms with E-state index in [0.717, 1.165) is 11.4 Å². The van der Waals surface area contributed by atoms with Crippen LogP contribution in [0.4, 0.5) is 28.7 Å². The van der Waals surface area contributed by atoms with Gasteiger partial charge in [-0.25, -0.2) is 9.97 Å². The summed E-state index contributed by atoms with van der Waals surface area (Å²) in [6.45, 7) is 1.46. The Labute approximate surface area is 150 Å². The van der Waals surface area contributed by atoms with Gasteiger partial charge in [-0.1, -0.05) is 6.07 Å². The van der Waals surface area contributed by atoms with Gasteiger partial charge in [-0.2, -0.15) is 5.26 Å². The molecule has 0 aliphatic carbocycles. The van der Waals surface area contributed by atoms with E-state index in [0.29, 0.717) is 22.9 Å². The van der Waals surface area contributed by atoms with Crippen molar-refractivity contribution in [3.05, 3.63) is 66.5 Å². The number of anilines is 5. The van der Waals surface area contributed by atoms with Crippen molar-refractivity contribution in [1.82, 2.24) is 9.97 Å². The molecule has 7 heteroatoms. The molecule has 0 unspecified atom stereocenters. The number of carbonyl (C=O) groups excluding carboxylic acids is 1. The topological polar surface area (TPSA) is 103 Å². The lowest BCUT2D eigenvalue weighted by Crippen LogP contribution is -2.06. The number of carbonyl (C=O) groups is 1. The average Bonchev–Trinajstić information content (AvgIpc) is 2.62. The monoisotopic (exact) mass is 344 g/mol. The fourth-order valence-electron chi connectivity index (χ4n) is 2.30. The maximum absolute atomic E-state index is 11.2. The van der Waals surface area contributed by atoms with Gasteiger partial charge in [0, 0.05) is 30.1 Å². The number of benzene rings is 2. The minimum atomic E-state index is -0.127. The number of amides is 1. The molecule has 0 bridgehead atoms. The molecule has 0 aliphatic rings. The third-order valence-corrected chi connectivity index (χ3v) is 3.41. The molecule has 0 radical (unpaired) electrons. The van der Waals surface area contributed by atoms with Gasteiger partial charge >= 0.3 is 0 Å². The van der Waals surface area contributed by atoms with E-state index < -0.39 is 0 Å². The van der Waals surface area contributed by atoms with E-state index in [1.807, 2.05) is 36.4 Å². The molecule has 3 aromatic rings. The van der Waals surface area contributed by atoms with Gasteiger partial charge in [0.25, 0.3) is 0 Å². The Hall–Kier alpha value is -3.92. The molecule has 0 saturated carbocycles. The van der Waals surface area contributed by atoms with Gasteiger partial charge in [0.1, 0.15) is 18.0 Å². The van der Waals surface area contributed by atoms with Gasteiger partial charge in [-0.15, -0.1) is 0 Å². The number of hydrogen-bond acceptors (Lipinski definition) is 6. The number of rotatable bonds is 5. The van der Waals surface area contributed by atoms with Gasteiger partial charge in [-0.3, -0.25) is 4.79 Å². The zero-order chi connectivity index (χ0) is 18.4. The van der Waals surface area contributed by atoms with Crippen molar-refractivity contribution in [2.75, 3.05) is 16.0 Å². The molecular weight excluding hydrogens is 328 g/mol. The van der Waals surface area contributed by atoms with Crippen LogP contribution in [-0.2, 0) is 4.79 Å². The summed E-state index contributed by atoms with van der Waals surface area (Å²) in [6.07, 6.45) is 1.45. The normalized spacial score (nSPS) is 9.85. The molecule has 0 atom stereocenters. The van der Waals surface area contributed by atoms with Crippen LogP contribution >= 0.6 is 0 Å². The van der Waals surface area contributed by atoms with Crippen LogP contribution in [-0.4, -0.2) is 15.9 Å². The zero-order valence-corrected chi connectivity index (χ0v) is 14.0. The van der Waals surface area contributed by atoms with E-state index in [1.54, 1.807) is 18.2 Å². The summed E-state index contributed by atoms with van der Waals surface area (Å²) in [6, 6.07) is 18.3. The molecule has 2 aromatic carbocycles. The van der Waals surface area contributed by atoms with E-state index in [2.05, 4.69) is 32.0 Å². The van der Waals surface area contributed by atoms with Gasteiger partial charge in [0.15, 0.2) is 0 Å². The van der Waals surface area contributed by atoms with Gasteiger partial charge < -0.3 is 16.0 Å². The predicted octanol–water partition coefficient (Wildman–Crippen LogP) is 3.79. The summed E-state index contributed by atoms with van der Waals surface area (Å²) in [7, 11) is 0. The van der Waals surface area contributed by atoms with Gasteiger partial charge in [-0.05, 0) is 42.5 Å². The van der Waals surface area contributed by atoms with Crippen LogP contribution in [0.15, 0.2) is 60.9 Å². The van der Waals surface area contributed by atoms with Crippen LogP contribution in [0, 0.1) is 11.3 Å². The van der Waals surface area contributed by atoms with Crippen molar-refractivity contribution in [3.8, 4) is 6.07 Å². The number of nitriles is 1. The van der Waals surface area contributed by atoms with Crippen molar-refractivity contribution in [2.24, 2.45) is 0 Å². The molecule has 26 heavy (non-hydrogen) atoms. The SMILES string of the molecule is CC(=O)Nc1cccc(Nc2cc(Nc3ccc(C#N)cc3)ncn2)c1. The largest absolute Gasteiger partial charge is 0.340 e. The quantitative estimate of drug-likeness (QED) is 0.650. The predicted molar refractivity (Wildman–Crippen MR) is 101 cm³/mol. The summed E-state index contributed by atoms with van der Waals surface area (Å²) in [5.41, 5.74) is 2.91. The summed E-state index contributed by atoms with van der Waals surface area (Å²) in [5, 5.41) is 17.9. The highest BCUT2D eigenvalue weighted by Gasteiger charge is 2.03. The fraction of sp³-hybridized carbons (Fsp3) is 0.0526. The molecule has 7 nitrogen and oxygen atoms in total. The second-order valence-electron chi connectivity index (χ2n) is 5.49. The Balaban J connectivity index is 1.73. The van der Waals surface area contributed by atoms with Gasteiger partial charge in [0.05, 0.1) is 11.6 Å². The smallest absolute Gasteiger partial charge is 0.221 e. The minimum Gasteiger partial charge on any atom is -0.340 e. The highest BCUT2D eigenvalue weighted by Crippen LogP contribution is 2.21. The van der Waals surface area contributed by atoms with Crippen LogP contribution in [0.25, 0.3) is 0 Å². The molecule has 0 fully saturated rings. The first-order chi connectivity index (χ1) is 12.6. The van der Waals surface area contributed by atoms with Crippen LogP contribution in [0.2, 0.25) is 0 Å². The summed E-state index contributed by atoms with van der Waals surface area (Å²) in [4.78, 5) is 19.6. The molecule has 3 rings (SSSR count). The first kappa shape index (κ1) is 16.9. The summed E-state index contributed by atoms with van der Waals surface area (Å²) < 4.78 is 0. The number of aromatic nitrogens is 2. The van der Waals surface area contributed by atoms with Crippen molar-refractivity contribution in [2.45, 2.75) is 6.92 Å². The molecular formula is C19H16N6O. The zero-order valence-electron chi connectivity index (χ0n) is 14.0. The average molecular weight is 344 g/mol. The molecule has 1 amide bonds. The third-order valence-electron chi connectivity index (χ3n) is 3.41. The number of nitrogens with one attached hydrogen (secondary N) is 3. The van der Waals surface area contributed by atoms with Crippen molar-refractivity contribution >= 4 is 34.6 Å². The molecule has 0 spiro atoms. The minimum absolute atomic E-state index is 0.127. The van der Waals surface area contributed by atoms with Crippen LogP contribution in [0.1, 0.15) is 12.5 Å². The molecule has 0 saturated heterocycles. The second kappa shape index (κ2) is 7.77. The van der Waals surface area contributed by atoms with E-state index >= 15 is 0 Å². The van der Waals surface area contributed by atoms with E-state index in [9.17, 15) is 4.79 Å². The molecule has 128 valence electrons. The Morgan fingerprint density at radius 1 is 0.923 bits per heavy atom. The van der Waals surface area contributed by atoms with E-state index in [4.69, 9.17) is 5.26 Å². The van der Waals surface area contributed by atoms with Gasteiger partial charge in [0.2, 0.25) is 5.91 Å². The second-order valence-corrected chi connectivity index (χ2v) is 5.49. The van der Waals surface area contributed by atoms with Crippen molar-refractivity contribution in [3.63, 3.8) is 0 Å². The Kier molecular flexibility index (Phi) is 5.05. The van der Waals surface area contributed by atoms with E-state index in [1.165, 1.54) is 13.3 Å². The van der Waals surface area contributed by atoms with Crippen molar-refractivity contribution in [1.29, 1.82) is 5.26 Å².